The number of hydrogen-bond acceptors (Lipinski definition) is 5. The molecule has 37 heavy (non-hydrogen) atoms. The molecule has 0 radical (unpaired) electrons. The Bertz CT molecular complexity index is 1720. The summed E-state index contributed by atoms with van der Waals surface area (Å²) in [6.07, 6.45) is 6.26. The number of halogens is 2. The largest absolute Gasteiger partial charge is 0.345 e. The molecule has 0 bridgehead atoms. The number of carbonyl (C=O) groups excluding carboxylic acids is 1. The van der Waals surface area contributed by atoms with Gasteiger partial charge in [-0.3, -0.25) is 14.5 Å². The van der Waals surface area contributed by atoms with Crippen molar-refractivity contribution in [3.63, 3.8) is 0 Å². The van der Waals surface area contributed by atoms with E-state index in [1.807, 2.05) is 4.72 Å². The van der Waals surface area contributed by atoms with Crippen LogP contribution in [0.3, 0.4) is 0 Å². The highest BCUT2D eigenvalue weighted by molar-refractivity contribution is 7.92. The SMILES string of the molecule is CC(c1ccccc1)S(=O)(=O)Nc1c(F)ccc(C(=O)c2c[nH]c3ncc(-c4ccncc4)cc23)c1F. The van der Waals surface area contributed by atoms with Crippen molar-refractivity contribution in [1.82, 2.24) is 15.0 Å². The molecule has 0 fully saturated rings. The van der Waals surface area contributed by atoms with Crippen molar-refractivity contribution in [2.24, 2.45) is 0 Å². The van der Waals surface area contributed by atoms with E-state index in [0.717, 1.165) is 17.7 Å². The number of anilines is 1. The van der Waals surface area contributed by atoms with Crippen LogP contribution in [0.2, 0.25) is 0 Å². The lowest BCUT2D eigenvalue weighted by atomic mass is 10.0. The van der Waals surface area contributed by atoms with Gasteiger partial charge in [0.15, 0.2) is 11.6 Å². The molecule has 1 atom stereocenters. The molecule has 0 amide bonds. The molecule has 3 heterocycles. The van der Waals surface area contributed by atoms with E-state index in [-0.39, 0.29) is 5.56 Å². The number of hydrogen-bond donors (Lipinski definition) is 2. The van der Waals surface area contributed by atoms with Gasteiger partial charge in [-0.2, -0.15) is 0 Å². The van der Waals surface area contributed by atoms with Gasteiger partial charge in [-0.25, -0.2) is 22.2 Å². The third-order valence-electron chi connectivity index (χ3n) is 6.10. The van der Waals surface area contributed by atoms with Crippen LogP contribution in [0.5, 0.6) is 0 Å². The first-order valence-corrected chi connectivity index (χ1v) is 12.8. The molecular formula is C27H20F2N4O3S. The smallest absolute Gasteiger partial charge is 0.239 e. The molecule has 0 spiro atoms. The van der Waals surface area contributed by atoms with E-state index >= 15 is 4.39 Å². The minimum absolute atomic E-state index is 0.107. The zero-order chi connectivity index (χ0) is 26.2. The Morgan fingerprint density at radius 2 is 1.70 bits per heavy atom. The lowest BCUT2D eigenvalue weighted by molar-refractivity contribution is 0.103. The number of H-pyrrole nitrogens is 1. The van der Waals surface area contributed by atoms with E-state index in [2.05, 4.69) is 15.0 Å². The molecule has 5 rings (SSSR count). The number of aromatic nitrogens is 3. The fourth-order valence-electron chi connectivity index (χ4n) is 3.99. The van der Waals surface area contributed by atoms with Crippen molar-refractivity contribution in [1.29, 1.82) is 0 Å². The molecule has 2 aromatic carbocycles. The van der Waals surface area contributed by atoms with Crippen LogP contribution in [-0.4, -0.2) is 29.2 Å². The van der Waals surface area contributed by atoms with Crippen LogP contribution < -0.4 is 4.72 Å². The van der Waals surface area contributed by atoms with Gasteiger partial charge >= 0.3 is 0 Å². The minimum Gasteiger partial charge on any atom is -0.345 e. The standard InChI is InChI=1S/C27H20F2N4O3S/c1-16(17-5-3-2-4-6-17)37(35,36)33-25-23(28)8-7-20(24(25)29)26(34)22-15-32-27-21(22)13-19(14-31-27)18-9-11-30-12-10-18/h2-16,33H,1H3,(H,31,32). The van der Waals surface area contributed by atoms with Crippen molar-refractivity contribution in [3.05, 3.63) is 114 Å². The van der Waals surface area contributed by atoms with E-state index in [9.17, 15) is 17.6 Å². The summed E-state index contributed by atoms with van der Waals surface area (Å²) in [5.74, 6) is -3.20. The zero-order valence-corrected chi connectivity index (χ0v) is 20.3. The van der Waals surface area contributed by atoms with E-state index in [0.29, 0.717) is 22.2 Å². The molecule has 0 aliphatic heterocycles. The Morgan fingerprint density at radius 3 is 2.43 bits per heavy atom. The van der Waals surface area contributed by atoms with Gasteiger partial charge in [0.25, 0.3) is 0 Å². The maximum atomic E-state index is 15.5. The average molecular weight is 519 g/mol. The van der Waals surface area contributed by atoms with Crippen molar-refractivity contribution in [2.75, 3.05) is 4.72 Å². The first kappa shape index (κ1) is 24.3. The number of nitrogens with one attached hydrogen (secondary N) is 2. The summed E-state index contributed by atoms with van der Waals surface area (Å²) < 4.78 is 58.0. The molecule has 10 heteroatoms. The van der Waals surface area contributed by atoms with Crippen LogP contribution in [0.1, 0.15) is 33.7 Å². The maximum absolute atomic E-state index is 15.5. The van der Waals surface area contributed by atoms with Gasteiger partial charge in [-0.1, -0.05) is 30.3 Å². The molecule has 1 unspecified atom stereocenters. The first-order valence-electron chi connectivity index (χ1n) is 11.2. The van der Waals surface area contributed by atoms with Crippen LogP contribution in [0.25, 0.3) is 22.2 Å². The Balaban J connectivity index is 1.52. The van der Waals surface area contributed by atoms with Crippen molar-refractivity contribution in [3.8, 4) is 11.1 Å². The van der Waals surface area contributed by atoms with E-state index in [1.54, 1.807) is 67.1 Å². The van der Waals surface area contributed by atoms with E-state index in [1.165, 1.54) is 13.1 Å². The second kappa shape index (κ2) is 9.55. The number of aromatic amines is 1. The number of pyridine rings is 2. The second-order valence-electron chi connectivity index (χ2n) is 8.37. The topological polar surface area (TPSA) is 105 Å². The molecular weight excluding hydrogens is 498 g/mol. The second-order valence-corrected chi connectivity index (χ2v) is 10.4. The summed E-state index contributed by atoms with van der Waals surface area (Å²) in [6, 6.07) is 15.4. The van der Waals surface area contributed by atoms with E-state index in [4.69, 9.17) is 0 Å². The lowest BCUT2D eigenvalue weighted by Gasteiger charge is -2.17. The number of rotatable bonds is 7. The van der Waals surface area contributed by atoms with Gasteiger partial charge in [0.05, 0.1) is 5.56 Å². The van der Waals surface area contributed by atoms with Gasteiger partial charge < -0.3 is 4.98 Å². The highest BCUT2D eigenvalue weighted by Crippen LogP contribution is 2.31. The first-order chi connectivity index (χ1) is 17.8. The van der Waals surface area contributed by atoms with Gasteiger partial charge in [0.1, 0.15) is 22.4 Å². The number of ketones is 1. The highest BCUT2D eigenvalue weighted by atomic mass is 32.2. The van der Waals surface area contributed by atoms with Gasteiger partial charge in [0, 0.05) is 41.3 Å². The highest BCUT2D eigenvalue weighted by Gasteiger charge is 2.28. The molecule has 0 aliphatic rings. The van der Waals surface area contributed by atoms with E-state index < -0.39 is 43.9 Å². The number of sulfonamides is 1. The number of carbonyl (C=O) groups is 1. The zero-order valence-electron chi connectivity index (χ0n) is 19.4. The molecule has 0 saturated carbocycles. The van der Waals surface area contributed by atoms with Crippen molar-refractivity contribution < 1.29 is 22.0 Å². The quantitative estimate of drug-likeness (QED) is 0.272. The lowest BCUT2D eigenvalue weighted by Crippen LogP contribution is -2.21. The Kier molecular flexibility index (Phi) is 6.26. The summed E-state index contributed by atoms with van der Waals surface area (Å²) in [4.78, 5) is 24.6. The van der Waals surface area contributed by atoms with Crippen LogP contribution in [0.15, 0.2) is 85.5 Å². The van der Waals surface area contributed by atoms with Crippen LogP contribution in [0.4, 0.5) is 14.5 Å². The Hall–Kier alpha value is -4.44. The predicted molar refractivity (Wildman–Crippen MR) is 137 cm³/mol. The molecule has 0 aliphatic carbocycles. The van der Waals surface area contributed by atoms with Gasteiger partial charge in [0.2, 0.25) is 10.0 Å². The van der Waals surface area contributed by atoms with Gasteiger partial charge in [-0.15, -0.1) is 0 Å². The number of benzene rings is 2. The van der Waals surface area contributed by atoms with Crippen LogP contribution in [0, 0.1) is 11.6 Å². The molecule has 5 aromatic rings. The van der Waals surface area contributed by atoms with Crippen molar-refractivity contribution in [2.45, 2.75) is 12.2 Å². The molecule has 3 aromatic heterocycles. The molecule has 2 N–H and O–H groups in total. The maximum Gasteiger partial charge on any atom is 0.239 e. The molecule has 0 saturated heterocycles. The summed E-state index contributed by atoms with van der Waals surface area (Å²) in [7, 11) is -4.24. The summed E-state index contributed by atoms with van der Waals surface area (Å²) in [5, 5.41) is -0.666. The fourth-order valence-corrected chi connectivity index (χ4v) is 5.16. The monoisotopic (exact) mass is 518 g/mol. The average Bonchev–Trinajstić information content (AvgIpc) is 3.34. The molecule has 7 nitrogen and oxygen atoms in total. The Morgan fingerprint density at radius 1 is 0.973 bits per heavy atom. The predicted octanol–water partition coefficient (Wildman–Crippen LogP) is 5.64. The van der Waals surface area contributed by atoms with Crippen LogP contribution in [-0.2, 0) is 10.0 Å². The van der Waals surface area contributed by atoms with Crippen molar-refractivity contribution >= 4 is 32.5 Å². The Labute approximate surface area is 211 Å². The third kappa shape index (κ3) is 4.58. The minimum atomic E-state index is -4.24. The summed E-state index contributed by atoms with van der Waals surface area (Å²) >= 11 is 0. The molecule has 186 valence electrons. The summed E-state index contributed by atoms with van der Waals surface area (Å²) in [5.41, 5.74) is 1.09. The normalized spacial score (nSPS) is 12.4. The van der Waals surface area contributed by atoms with Crippen LogP contribution >= 0.6 is 0 Å². The number of fused-ring (bicyclic) bond motifs is 1. The fraction of sp³-hybridized carbons (Fsp3) is 0.0741. The third-order valence-corrected chi connectivity index (χ3v) is 7.80. The summed E-state index contributed by atoms with van der Waals surface area (Å²) in [6.45, 7) is 1.40. The van der Waals surface area contributed by atoms with Gasteiger partial charge in [-0.05, 0) is 48.4 Å². The number of nitrogens with zero attached hydrogens (tertiary/aromatic N) is 2.